The zero-order chi connectivity index (χ0) is 22.9. The lowest BCUT2D eigenvalue weighted by atomic mass is 10.2. The van der Waals surface area contributed by atoms with E-state index in [1.807, 2.05) is 61.9 Å². The molecule has 0 spiro atoms. The highest BCUT2D eigenvalue weighted by molar-refractivity contribution is 7.99. The number of carbonyl (C=O) groups excluding carboxylic acids is 1. The number of Topliss-reactive ketones (excluding diaryl/α,β-unsaturated/α-hetero) is 1. The number of rotatable bonds is 7. The number of aromatic nitrogens is 4. The number of aryl methyl sites for hydroxylation is 1. The zero-order valence-corrected chi connectivity index (χ0v) is 19.5. The smallest absolute Gasteiger partial charge is 0.200 e. The van der Waals surface area contributed by atoms with E-state index in [0.29, 0.717) is 35.5 Å². The van der Waals surface area contributed by atoms with Gasteiger partial charge in [-0.3, -0.25) is 4.79 Å². The summed E-state index contributed by atoms with van der Waals surface area (Å²) in [6.45, 7) is 5.06. The zero-order valence-electron chi connectivity index (χ0n) is 18.6. The van der Waals surface area contributed by atoms with Crippen LogP contribution in [0.5, 0.6) is 11.5 Å². The molecule has 0 bridgehead atoms. The number of carbonyl (C=O) groups is 1. The molecule has 8 nitrogen and oxygen atoms in total. The molecule has 1 aliphatic rings. The maximum atomic E-state index is 13.0. The fourth-order valence-electron chi connectivity index (χ4n) is 3.99. The number of hydrogen-bond donors (Lipinski definition) is 0. The molecule has 0 saturated heterocycles. The monoisotopic (exact) mass is 464 g/mol. The van der Waals surface area contributed by atoms with Gasteiger partial charge in [0, 0.05) is 24.0 Å². The molecule has 0 N–H and O–H groups in total. The molecule has 1 atom stereocenters. The molecule has 0 radical (unpaired) electrons. The molecule has 0 aliphatic carbocycles. The van der Waals surface area contributed by atoms with E-state index in [9.17, 15) is 4.79 Å². The molecular formula is C24H24N4O4S. The number of para-hydroxylation sites is 2. The van der Waals surface area contributed by atoms with Crippen LogP contribution in [0.2, 0.25) is 0 Å². The minimum absolute atomic E-state index is 0.0491. The van der Waals surface area contributed by atoms with Gasteiger partial charge in [-0.25, -0.2) is 0 Å². The number of furan rings is 1. The Labute approximate surface area is 195 Å². The highest BCUT2D eigenvalue weighted by Gasteiger charge is 2.24. The molecule has 33 heavy (non-hydrogen) atoms. The first-order valence-corrected chi connectivity index (χ1v) is 11.6. The van der Waals surface area contributed by atoms with Crippen molar-refractivity contribution >= 4 is 17.5 Å². The van der Waals surface area contributed by atoms with Crippen molar-refractivity contribution < 1.29 is 18.7 Å². The van der Waals surface area contributed by atoms with Crippen LogP contribution < -0.4 is 9.47 Å². The summed E-state index contributed by atoms with van der Waals surface area (Å²) >= 11 is 1.36. The Morgan fingerprint density at radius 2 is 1.97 bits per heavy atom. The number of thioether (sulfide) groups is 1. The first kappa shape index (κ1) is 21.4. The summed E-state index contributed by atoms with van der Waals surface area (Å²) in [6, 6.07) is 13.3. The molecule has 4 heterocycles. The average molecular weight is 465 g/mol. The van der Waals surface area contributed by atoms with Gasteiger partial charge in [0.25, 0.3) is 0 Å². The van der Waals surface area contributed by atoms with Crippen LogP contribution in [-0.2, 0) is 13.6 Å². The number of ether oxygens (including phenoxy) is 2. The Morgan fingerprint density at radius 3 is 2.76 bits per heavy atom. The topological polar surface area (TPSA) is 84.3 Å². The van der Waals surface area contributed by atoms with Crippen LogP contribution in [0, 0.1) is 13.8 Å². The summed E-state index contributed by atoms with van der Waals surface area (Å²) in [5.41, 5.74) is 2.66. The van der Waals surface area contributed by atoms with Gasteiger partial charge in [-0.2, -0.15) is 0 Å². The van der Waals surface area contributed by atoms with Crippen LogP contribution in [0.4, 0.5) is 0 Å². The Bertz CT molecular complexity index is 1290. The summed E-state index contributed by atoms with van der Waals surface area (Å²) in [7, 11) is 1.86. The Balaban J connectivity index is 1.26. The summed E-state index contributed by atoms with van der Waals surface area (Å²) < 4.78 is 21.3. The van der Waals surface area contributed by atoms with Crippen molar-refractivity contribution in [1.82, 2.24) is 19.3 Å². The third-order valence-electron chi connectivity index (χ3n) is 5.74. The van der Waals surface area contributed by atoms with Crippen LogP contribution >= 0.6 is 11.8 Å². The third kappa shape index (κ3) is 4.16. The maximum absolute atomic E-state index is 13.0. The van der Waals surface area contributed by atoms with Crippen LogP contribution in [0.25, 0.3) is 11.6 Å². The molecular weight excluding hydrogens is 440 g/mol. The average Bonchev–Trinajstić information content (AvgIpc) is 3.54. The number of fused-ring (bicyclic) bond motifs is 1. The van der Waals surface area contributed by atoms with Gasteiger partial charge in [-0.05, 0) is 44.2 Å². The second kappa shape index (κ2) is 8.82. The second-order valence-electron chi connectivity index (χ2n) is 7.95. The minimum atomic E-state index is -0.124. The molecule has 0 saturated carbocycles. The van der Waals surface area contributed by atoms with Gasteiger partial charge in [0.2, 0.25) is 0 Å². The first-order valence-electron chi connectivity index (χ1n) is 10.7. The predicted octanol–water partition coefficient (Wildman–Crippen LogP) is 4.31. The Hall–Kier alpha value is -3.46. The van der Waals surface area contributed by atoms with E-state index in [2.05, 4.69) is 14.8 Å². The van der Waals surface area contributed by atoms with E-state index in [0.717, 1.165) is 22.9 Å². The highest BCUT2D eigenvalue weighted by atomic mass is 32.2. The lowest BCUT2D eigenvalue weighted by molar-refractivity contribution is 0.0777. The van der Waals surface area contributed by atoms with Crippen molar-refractivity contribution in [3.63, 3.8) is 0 Å². The molecule has 1 aliphatic heterocycles. The summed E-state index contributed by atoms with van der Waals surface area (Å²) in [5.74, 6) is 3.11. The van der Waals surface area contributed by atoms with E-state index in [1.54, 1.807) is 12.3 Å². The van der Waals surface area contributed by atoms with Gasteiger partial charge in [0.05, 0.1) is 18.6 Å². The standard InChI is InChI=1S/C24H24N4O4S/c1-15-11-18(16(2)28(15)12-17-13-31-20-7-4-5-8-21(20)32-17)19(29)14-33-24-26-25-23(27(24)3)22-9-6-10-30-22/h4-11,17H,12-14H2,1-3H3. The summed E-state index contributed by atoms with van der Waals surface area (Å²) in [6.07, 6.45) is 1.47. The molecule has 5 rings (SSSR count). The molecule has 4 aromatic rings. The van der Waals surface area contributed by atoms with Crippen molar-refractivity contribution in [3.8, 4) is 23.1 Å². The SMILES string of the molecule is Cc1cc(C(=O)CSc2nnc(-c3ccco3)n2C)c(C)n1CC1COc2ccccc2O1. The molecule has 0 amide bonds. The first-order chi connectivity index (χ1) is 16.0. The van der Waals surface area contributed by atoms with Crippen molar-refractivity contribution in [2.45, 2.75) is 31.7 Å². The highest BCUT2D eigenvalue weighted by Crippen LogP contribution is 2.32. The summed E-state index contributed by atoms with van der Waals surface area (Å²) in [5, 5.41) is 9.05. The van der Waals surface area contributed by atoms with E-state index >= 15 is 0 Å². The molecule has 1 unspecified atom stereocenters. The Kier molecular flexibility index (Phi) is 5.72. The van der Waals surface area contributed by atoms with Gasteiger partial charge in [0.1, 0.15) is 6.61 Å². The Morgan fingerprint density at radius 1 is 1.15 bits per heavy atom. The number of nitrogens with zero attached hydrogens (tertiary/aromatic N) is 4. The van der Waals surface area contributed by atoms with E-state index in [4.69, 9.17) is 13.9 Å². The fraction of sp³-hybridized carbons (Fsp3) is 0.292. The van der Waals surface area contributed by atoms with Crippen LogP contribution in [0.1, 0.15) is 21.7 Å². The number of hydrogen-bond acceptors (Lipinski definition) is 7. The van der Waals surface area contributed by atoms with Crippen LogP contribution in [0.3, 0.4) is 0 Å². The molecule has 9 heteroatoms. The van der Waals surface area contributed by atoms with Gasteiger partial charge in [-0.15, -0.1) is 10.2 Å². The van der Waals surface area contributed by atoms with Crippen molar-refractivity contribution in [2.75, 3.05) is 12.4 Å². The molecule has 170 valence electrons. The number of benzene rings is 1. The quantitative estimate of drug-likeness (QED) is 0.298. The third-order valence-corrected chi connectivity index (χ3v) is 6.76. The maximum Gasteiger partial charge on any atom is 0.200 e. The number of ketones is 1. The van der Waals surface area contributed by atoms with Gasteiger partial charge in [0.15, 0.2) is 40.1 Å². The molecule has 3 aromatic heterocycles. The van der Waals surface area contributed by atoms with E-state index in [-0.39, 0.29) is 17.6 Å². The lowest BCUT2D eigenvalue weighted by Crippen LogP contribution is -2.33. The van der Waals surface area contributed by atoms with Crippen molar-refractivity contribution in [3.05, 3.63) is 65.7 Å². The van der Waals surface area contributed by atoms with Gasteiger partial charge >= 0.3 is 0 Å². The fourth-order valence-corrected chi connectivity index (χ4v) is 4.78. The predicted molar refractivity (Wildman–Crippen MR) is 124 cm³/mol. The van der Waals surface area contributed by atoms with Crippen LogP contribution in [0.15, 0.2) is 58.3 Å². The largest absolute Gasteiger partial charge is 0.486 e. The second-order valence-corrected chi connectivity index (χ2v) is 8.89. The normalized spacial score (nSPS) is 15.1. The summed E-state index contributed by atoms with van der Waals surface area (Å²) in [4.78, 5) is 13.0. The minimum Gasteiger partial charge on any atom is -0.486 e. The van der Waals surface area contributed by atoms with E-state index in [1.165, 1.54) is 11.8 Å². The lowest BCUT2D eigenvalue weighted by Gasteiger charge is -2.27. The van der Waals surface area contributed by atoms with Crippen molar-refractivity contribution in [2.24, 2.45) is 7.05 Å². The van der Waals surface area contributed by atoms with Gasteiger partial charge < -0.3 is 23.0 Å². The van der Waals surface area contributed by atoms with E-state index < -0.39 is 0 Å². The molecule has 1 aromatic carbocycles. The molecule has 0 fully saturated rings. The van der Waals surface area contributed by atoms with Gasteiger partial charge in [-0.1, -0.05) is 23.9 Å². The van der Waals surface area contributed by atoms with Crippen molar-refractivity contribution in [1.29, 1.82) is 0 Å². The van der Waals surface area contributed by atoms with Crippen LogP contribution in [-0.4, -0.2) is 43.6 Å².